The summed E-state index contributed by atoms with van der Waals surface area (Å²) in [6, 6.07) is 18.6. The number of amides is 1. The van der Waals surface area contributed by atoms with Crippen molar-refractivity contribution in [3.63, 3.8) is 0 Å². The third kappa shape index (κ3) is 5.01. The van der Waals surface area contributed by atoms with Crippen LogP contribution >= 0.6 is 0 Å². The molecule has 0 aliphatic heterocycles. The molecule has 8 nitrogen and oxygen atoms in total. The summed E-state index contributed by atoms with van der Waals surface area (Å²) < 4.78 is 12.6. The highest BCUT2D eigenvalue weighted by Gasteiger charge is 2.15. The van der Waals surface area contributed by atoms with Gasteiger partial charge in [0, 0.05) is 12.0 Å². The van der Waals surface area contributed by atoms with Crippen LogP contribution in [0.4, 0.5) is 0 Å². The Morgan fingerprint density at radius 2 is 1.88 bits per heavy atom. The van der Waals surface area contributed by atoms with Crippen LogP contribution < -0.4 is 14.9 Å². The monoisotopic (exact) mass is 458 g/mol. The van der Waals surface area contributed by atoms with E-state index in [1.807, 2.05) is 60.0 Å². The van der Waals surface area contributed by atoms with E-state index >= 15 is 0 Å². The lowest BCUT2D eigenvalue weighted by Crippen LogP contribution is -2.24. The standard InChI is InChI=1S/C26H26N4O4/c1-17-8-10-19(22(31)12-17)15-27-29-26(32)16-30-21-7-5-4-6-20(21)28-25(30)14-18-9-11-23(33-2)24(13-18)34-3/h4-13,15,31H,14,16H2,1-3H3,(H,29,32)/b27-15-. The molecule has 4 rings (SSSR count). The number of aryl methyl sites for hydroxylation is 1. The van der Waals surface area contributed by atoms with Gasteiger partial charge in [-0.25, -0.2) is 10.4 Å². The van der Waals surface area contributed by atoms with Crippen molar-refractivity contribution in [3.05, 3.63) is 83.2 Å². The number of para-hydroxylation sites is 2. The Labute approximate surface area is 197 Å². The molecule has 2 N–H and O–H groups in total. The van der Waals surface area contributed by atoms with Gasteiger partial charge in [-0.15, -0.1) is 0 Å². The van der Waals surface area contributed by atoms with Gasteiger partial charge in [-0.3, -0.25) is 4.79 Å². The molecular weight excluding hydrogens is 432 g/mol. The highest BCUT2D eigenvalue weighted by Crippen LogP contribution is 2.29. The van der Waals surface area contributed by atoms with Gasteiger partial charge in [0.15, 0.2) is 11.5 Å². The molecule has 0 radical (unpaired) electrons. The predicted molar refractivity (Wildman–Crippen MR) is 131 cm³/mol. The van der Waals surface area contributed by atoms with Crippen LogP contribution in [0.25, 0.3) is 11.0 Å². The Morgan fingerprint density at radius 3 is 2.65 bits per heavy atom. The number of hydrogen-bond acceptors (Lipinski definition) is 6. The Kier molecular flexibility index (Phi) is 6.77. The fraction of sp³-hybridized carbons (Fsp3) is 0.192. The largest absolute Gasteiger partial charge is 0.507 e. The second-order valence-corrected chi connectivity index (χ2v) is 7.82. The van der Waals surface area contributed by atoms with E-state index in [1.54, 1.807) is 26.4 Å². The van der Waals surface area contributed by atoms with E-state index in [9.17, 15) is 9.90 Å². The van der Waals surface area contributed by atoms with Gasteiger partial charge >= 0.3 is 0 Å². The van der Waals surface area contributed by atoms with Crippen LogP contribution in [0.1, 0.15) is 22.5 Å². The first-order chi connectivity index (χ1) is 16.5. The van der Waals surface area contributed by atoms with Crippen molar-refractivity contribution in [3.8, 4) is 17.2 Å². The first kappa shape index (κ1) is 22.8. The smallest absolute Gasteiger partial charge is 0.260 e. The molecule has 1 heterocycles. The number of aromatic hydroxyl groups is 1. The number of ether oxygens (including phenoxy) is 2. The van der Waals surface area contributed by atoms with Crippen LogP contribution in [0.5, 0.6) is 17.2 Å². The summed E-state index contributed by atoms with van der Waals surface area (Å²) in [6.07, 6.45) is 1.92. The zero-order valence-electron chi connectivity index (χ0n) is 19.3. The number of hydrogen-bond donors (Lipinski definition) is 2. The number of methoxy groups -OCH3 is 2. The quantitative estimate of drug-likeness (QED) is 0.309. The summed E-state index contributed by atoms with van der Waals surface area (Å²) in [5.74, 6) is 1.82. The summed E-state index contributed by atoms with van der Waals surface area (Å²) in [5, 5.41) is 14.0. The Morgan fingerprint density at radius 1 is 1.09 bits per heavy atom. The van der Waals surface area contributed by atoms with Gasteiger partial charge in [0.1, 0.15) is 18.1 Å². The number of benzene rings is 3. The number of phenolic OH excluding ortho intramolecular Hbond substituents is 1. The molecule has 8 heteroatoms. The zero-order chi connectivity index (χ0) is 24.1. The van der Waals surface area contributed by atoms with Crippen LogP contribution in [0.3, 0.4) is 0 Å². The summed E-state index contributed by atoms with van der Waals surface area (Å²) in [4.78, 5) is 17.4. The van der Waals surface area contributed by atoms with E-state index in [4.69, 9.17) is 14.5 Å². The number of carbonyl (C=O) groups excluding carboxylic acids is 1. The fourth-order valence-electron chi connectivity index (χ4n) is 3.73. The van der Waals surface area contributed by atoms with E-state index in [0.717, 1.165) is 28.0 Å². The van der Waals surface area contributed by atoms with Crippen molar-refractivity contribution < 1.29 is 19.4 Å². The van der Waals surface area contributed by atoms with Crippen LogP contribution in [0.2, 0.25) is 0 Å². The summed E-state index contributed by atoms with van der Waals surface area (Å²) in [7, 11) is 3.19. The Balaban J connectivity index is 1.55. The number of carbonyl (C=O) groups is 1. The number of nitrogens with zero attached hydrogens (tertiary/aromatic N) is 3. The third-order valence-corrected chi connectivity index (χ3v) is 5.42. The minimum atomic E-state index is -0.306. The van der Waals surface area contributed by atoms with E-state index in [-0.39, 0.29) is 18.2 Å². The predicted octanol–water partition coefficient (Wildman–Crippen LogP) is 3.81. The molecule has 1 amide bonds. The molecule has 0 bridgehead atoms. The number of aromatic nitrogens is 2. The van der Waals surface area contributed by atoms with E-state index < -0.39 is 0 Å². The van der Waals surface area contributed by atoms with Crippen molar-refractivity contribution in [1.29, 1.82) is 0 Å². The van der Waals surface area contributed by atoms with E-state index in [0.29, 0.717) is 23.5 Å². The lowest BCUT2D eigenvalue weighted by molar-refractivity contribution is -0.121. The van der Waals surface area contributed by atoms with Gasteiger partial charge < -0.3 is 19.1 Å². The molecule has 0 spiro atoms. The van der Waals surface area contributed by atoms with Gasteiger partial charge in [0.2, 0.25) is 0 Å². The number of fused-ring (bicyclic) bond motifs is 1. The first-order valence-corrected chi connectivity index (χ1v) is 10.7. The van der Waals surface area contributed by atoms with Crippen LogP contribution in [0.15, 0.2) is 65.8 Å². The molecule has 0 saturated carbocycles. The minimum Gasteiger partial charge on any atom is -0.507 e. The first-order valence-electron chi connectivity index (χ1n) is 10.7. The number of imidazole rings is 1. The maximum atomic E-state index is 12.7. The summed E-state index contributed by atoms with van der Waals surface area (Å²) in [5.41, 5.74) is 6.63. The highest BCUT2D eigenvalue weighted by molar-refractivity contribution is 5.86. The molecule has 34 heavy (non-hydrogen) atoms. The number of nitrogens with one attached hydrogen (secondary N) is 1. The maximum absolute atomic E-state index is 12.7. The third-order valence-electron chi connectivity index (χ3n) is 5.42. The minimum absolute atomic E-state index is 0.0420. The highest BCUT2D eigenvalue weighted by atomic mass is 16.5. The molecule has 0 atom stereocenters. The van der Waals surface area contributed by atoms with Crippen LogP contribution in [0, 0.1) is 6.92 Å². The van der Waals surface area contributed by atoms with Crippen molar-refractivity contribution in [1.82, 2.24) is 15.0 Å². The lowest BCUT2D eigenvalue weighted by Gasteiger charge is -2.11. The average molecular weight is 459 g/mol. The molecule has 0 aliphatic rings. The molecule has 174 valence electrons. The van der Waals surface area contributed by atoms with Crippen LogP contribution in [-0.2, 0) is 17.8 Å². The van der Waals surface area contributed by atoms with Crippen molar-refractivity contribution >= 4 is 23.2 Å². The lowest BCUT2D eigenvalue weighted by atomic mass is 10.1. The Hall–Kier alpha value is -4.33. The molecule has 0 saturated heterocycles. The molecule has 1 aromatic heterocycles. The van der Waals surface area contributed by atoms with Gasteiger partial charge in [-0.1, -0.05) is 24.3 Å². The number of rotatable bonds is 8. The normalized spacial score (nSPS) is 11.1. The van der Waals surface area contributed by atoms with Gasteiger partial charge in [-0.05, 0) is 54.4 Å². The van der Waals surface area contributed by atoms with E-state index in [2.05, 4.69) is 10.5 Å². The molecular formula is C26H26N4O4. The van der Waals surface area contributed by atoms with Crippen LogP contribution in [-0.4, -0.2) is 41.0 Å². The summed E-state index contributed by atoms with van der Waals surface area (Å²) in [6.45, 7) is 1.93. The Bertz CT molecular complexity index is 1360. The second-order valence-electron chi connectivity index (χ2n) is 7.82. The van der Waals surface area contributed by atoms with Crippen molar-refractivity contribution in [2.24, 2.45) is 5.10 Å². The maximum Gasteiger partial charge on any atom is 0.260 e. The van der Waals surface area contributed by atoms with Crippen molar-refractivity contribution in [2.45, 2.75) is 19.9 Å². The van der Waals surface area contributed by atoms with E-state index in [1.165, 1.54) is 6.21 Å². The molecule has 0 unspecified atom stereocenters. The SMILES string of the molecule is COc1ccc(Cc2nc3ccccc3n2CC(=O)N/N=C\c2ccc(C)cc2O)cc1OC. The van der Waals surface area contributed by atoms with Gasteiger partial charge in [0.05, 0.1) is 31.5 Å². The topological polar surface area (TPSA) is 98.0 Å². The fourth-order valence-corrected chi connectivity index (χ4v) is 3.73. The molecule has 3 aromatic carbocycles. The molecule has 4 aromatic rings. The van der Waals surface area contributed by atoms with Gasteiger partial charge in [0.25, 0.3) is 5.91 Å². The van der Waals surface area contributed by atoms with Crippen molar-refractivity contribution in [2.75, 3.05) is 14.2 Å². The molecule has 0 aliphatic carbocycles. The summed E-state index contributed by atoms with van der Waals surface area (Å²) >= 11 is 0. The average Bonchev–Trinajstić information content (AvgIpc) is 3.17. The number of phenols is 1. The van der Waals surface area contributed by atoms with Gasteiger partial charge in [-0.2, -0.15) is 5.10 Å². The number of hydrazone groups is 1. The molecule has 0 fully saturated rings. The second kappa shape index (κ2) is 10.1. The zero-order valence-corrected chi connectivity index (χ0v) is 19.3.